The molecule has 0 amide bonds. The molecule has 0 radical (unpaired) electrons. The average Bonchev–Trinajstić information content (AvgIpc) is 2.09. The highest BCUT2D eigenvalue weighted by Gasteiger charge is 2.15. The zero-order valence-corrected chi connectivity index (χ0v) is 7.72. The van der Waals surface area contributed by atoms with Crippen molar-refractivity contribution in [3.8, 4) is 0 Å². The molecule has 1 rings (SSSR count). The van der Waals surface area contributed by atoms with Gasteiger partial charge in [-0.05, 0) is 37.3 Å². The number of allylic oxidation sites excluding steroid dienone is 3. The summed E-state index contributed by atoms with van der Waals surface area (Å²) in [5.41, 5.74) is 8.58. The predicted molar refractivity (Wildman–Crippen MR) is 53.9 cm³/mol. The molecule has 0 spiro atoms. The first-order valence-electron chi connectivity index (χ1n) is 4.53. The normalized spacial score (nSPS) is 25.0. The maximum Gasteiger partial charge on any atom is 0.0297 e. The minimum Gasteiger partial charge on any atom is -0.324 e. The van der Waals surface area contributed by atoms with Gasteiger partial charge in [-0.1, -0.05) is 24.8 Å². The van der Waals surface area contributed by atoms with Crippen LogP contribution in [0.15, 0.2) is 36.0 Å². The summed E-state index contributed by atoms with van der Waals surface area (Å²) in [4.78, 5) is 0. The summed E-state index contributed by atoms with van der Waals surface area (Å²) >= 11 is 0. The van der Waals surface area contributed by atoms with Crippen LogP contribution in [0.3, 0.4) is 0 Å². The second-order valence-corrected chi connectivity index (χ2v) is 3.18. The number of nitrogens with two attached hydrogens (primary N) is 1. The molecule has 1 atom stereocenters. The zero-order chi connectivity index (χ0) is 8.97. The van der Waals surface area contributed by atoms with Gasteiger partial charge in [0.05, 0.1) is 0 Å². The van der Waals surface area contributed by atoms with E-state index in [-0.39, 0.29) is 6.04 Å². The third-order valence-electron chi connectivity index (χ3n) is 2.32. The molecule has 1 heteroatoms. The monoisotopic (exact) mass is 163 g/mol. The molecule has 0 saturated carbocycles. The molecule has 12 heavy (non-hydrogen) atoms. The van der Waals surface area contributed by atoms with E-state index >= 15 is 0 Å². The molecule has 0 saturated heterocycles. The van der Waals surface area contributed by atoms with Gasteiger partial charge in [0.2, 0.25) is 0 Å². The van der Waals surface area contributed by atoms with Crippen molar-refractivity contribution >= 4 is 0 Å². The van der Waals surface area contributed by atoms with Crippen molar-refractivity contribution in [3.05, 3.63) is 36.0 Å². The van der Waals surface area contributed by atoms with Crippen molar-refractivity contribution < 1.29 is 0 Å². The van der Waals surface area contributed by atoms with Gasteiger partial charge in [-0.2, -0.15) is 0 Å². The van der Waals surface area contributed by atoms with Gasteiger partial charge >= 0.3 is 0 Å². The van der Waals surface area contributed by atoms with Crippen molar-refractivity contribution in [1.82, 2.24) is 0 Å². The molecule has 0 aromatic carbocycles. The van der Waals surface area contributed by atoms with Crippen LogP contribution in [0.5, 0.6) is 0 Å². The smallest absolute Gasteiger partial charge is 0.0297 e. The molecule has 66 valence electrons. The summed E-state index contributed by atoms with van der Waals surface area (Å²) in [5.74, 6) is 0. The Balaban J connectivity index is 2.94. The van der Waals surface area contributed by atoms with E-state index in [4.69, 9.17) is 5.73 Å². The maximum absolute atomic E-state index is 5.97. The Bertz CT molecular complexity index is 223. The highest BCUT2D eigenvalue weighted by molar-refractivity contribution is 5.37. The van der Waals surface area contributed by atoms with Gasteiger partial charge in [-0.15, -0.1) is 0 Å². The van der Waals surface area contributed by atoms with Crippen LogP contribution in [0, 0.1) is 0 Å². The van der Waals surface area contributed by atoms with Crippen LogP contribution in [0.4, 0.5) is 0 Å². The molecule has 1 nitrogen and oxygen atoms in total. The van der Waals surface area contributed by atoms with E-state index in [2.05, 4.69) is 12.7 Å². The lowest BCUT2D eigenvalue weighted by Gasteiger charge is -2.22. The Morgan fingerprint density at radius 2 is 2.33 bits per heavy atom. The highest BCUT2D eigenvalue weighted by atomic mass is 14.6. The zero-order valence-electron chi connectivity index (χ0n) is 7.72. The van der Waals surface area contributed by atoms with Gasteiger partial charge in [0, 0.05) is 6.04 Å². The summed E-state index contributed by atoms with van der Waals surface area (Å²) in [6, 6.07) is 0.225. The topological polar surface area (TPSA) is 26.0 Å². The van der Waals surface area contributed by atoms with Gasteiger partial charge in [0.15, 0.2) is 0 Å². The third kappa shape index (κ3) is 1.86. The van der Waals surface area contributed by atoms with Crippen LogP contribution >= 0.6 is 0 Å². The lowest BCUT2D eigenvalue weighted by Crippen LogP contribution is -2.25. The number of rotatable bonds is 2. The summed E-state index contributed by atoms with van der Waals surface area (Å²) in [6.45, 7) is 5.83. The Morgan fingerprint density at radius 1 is 1.58 bits per heavy atom. The number of hydrogen-bond acceptors (Lipinski definition) is 1. The molecule has 0 aromatic rings. The first-order chi connectivity index (χ1) is 5.79. The quantitative estimate of drug-likeness (QED) is 0.665. The molecule has 0 bridgehead atoms. The largest absolute Gasteiger partial charge is 0.324 e. The Kier molecular flexibility index (Phi) is 3.30. The molecule has 0 heterocycles. The summed E-state index contributed by atoms with van der Waals surface area (Å²) in [7, 11) is 0. The van der Waals surface area contributed by atoms with Crippen molar-refractivity contribution in [3.63, 3.8) is 0 Å². The van der Waals surface area contributed by atoms with Crippen LogP contribution in [-0.2, 0) is 0 Å². The Labute approximate surface area is 74.7 Å². The van der Waals surface area contributed by atoms with Crippen LogP contribution < -0.4 is 5.73 Å². The fraction of sp³-hybridized carbons (Fsp3) is 0.455. The molecule has 2 N–H and O–H groups in total. The fourth-order valence-electron chi connectivity index (χ4n) is 1.68. The molecule has 1 aliphatic rings. The van der Waals surface area contributed by atoms with E-state index in [1.165, 1.54) is 17.6 Å². The van der Waals surface area contributed by atoms with Crippen molar-refractivity contribution in [1.29, 1.82) is 0 Å². The molecule has 1 unspecified atom stereocenters. The van der Waals surface area contributed by atoms with E-state index < -0.39 is 0 Å². The number of hydrogen-bond donors (Lipinski definition) is 1. The molecular weight excluding hydrogens is 146 g/mol. The minimum atomic E-state index is 0.225. The second kappa shape index (κ2) is 4.27. The predicted octanol–water partition coefficient (Wildman–Crippen LogP) is 2.56. The van der Waals surface area contributed by atoms with E-state index in [0.717, 1.165) is 12.8 Å². The molecular formula is C11H17N. The van der Waals surface area contributed by atoms with Crippen molar-refractivity contribution in [2.45, 2.75) is 32.2 Å². The highest BCUT2D eigenvalue weighted by Crippen LogP contribution is 2.25. The fourth-order valence-corrected chi connectivity index (χ4v) is 1.68. The Morgan fingerprint density at radius 3 is 2.92 bits per heavy atom. The van der Waals surface area contributed by atoms with Crippen molar-refractivity contribution in [2.24, 2.45) is 5.73 Å². The van der Waals surface area contributed by atoms with Gasteiger partial charge in [-0.25, -0.2) is 0 Å². The lowest BCUT2D eigenvalue weighted by molar-refractivity contribution is 0.612. The molecule has 0 aromatic heterocycles. The third-order valence-corrected chi connectivity index (χ3v) is 2.32. The summed E-state index contributed by atoms with van der Waals surface area (Å²) in [6.07, 6.45) is 9.54. The standard InChI is InChI=1S/C11H17N/c1-3-6-10-9(4-2)7-5-8-11(10)12/h3-4,6,11H,2,5,7-8,12H2,1H3/b6-3-. The minimum absolute atomic E-state index is 0.225. The summed E-state index contributed by atoms with van der Waals surface area (Å²) in [5, 5.41) is 0. The first-order valence-corrected chi connectivity index (χ1v) is 4.53. The Hall–Kier alpha value is -0.820. The van der Waals surface area contributed by atoms with Crippen LogP contribution in [-0.4, -0.2) is 6.04 Å². The maximum atomic E-state index is 5.97. The first kappa shape index (κ1) is 9.27. The average molecular weight is 163 g/mol. The van der Waals surface area contributed by atoms with Crippen molar-refractivity contribution in [2.75, 3.05) is 0 Å². The van der Waals surface area contributed by atoms with Crippen LogP contribution in [0.1, 0.15) is 26.2 Å². The van der Waals surface area contributed by atoms with E-state index in [9.17, 15) is 0 Å². The van der Waals surface area contributed by atoms with Gasteiger partial charge in [-0.3, -0.25) is 0 Å². The van der Waals surface area contributed by atoms with E-state index in [1.807, 2.05) is 19.1 Å². The van der Waals surface area contributed by atoms with Gasteiger partial charge < -0.3 is 5.73 Å². The summed E-state index contributed by atoms with van der Waals surface area (Å²) < 4.78 is 0. The van der Waals surface area contributed by atoms with E-state index in [0.29, 0.717) is 0 Å². The van der Waals surface area contributed by atoms with Crippen LogP contribution in [0.25, 0.3) is 0 Å². The van der Waals surface area contributed by atoms with E-state index in [1.54, 1.807) is 0 Å². The second-order valence-electron chi connectivity index (χ2n) is 3.18. The lowest BCUT2D eigenvalue weighted by atomic mass is 9.88. The molecule has 0 aliphatic heterocycles. The SMILES string of the molecule is C=CC1=C(/C=C\C)C(N)CCC1. The van der Waals surface area contributed by atoms with Crippen LogP contribution in [0.2, 0.25) is 0 Å². The molecule has 1 aliphatic carbocycles. The van der Waals surface area contributed by atoms with Gasteiger partial charge in [0.1, 0.15) is 0 Å². The van der Waals surface area contributed by atoms with Gasteiger partial charge in [0.25, 0.3) is 0 Å². The molecule has 0 fully saturated rings.